The van der Waals surface area contributed by atoms with Crippen LogP contribution in [0, 0.1) is 11.6 Å². The van der Waals surface area contributed by atoms with Crippen LogP contribution in [0.4, 0.5) is 13.6 Å². The summed E-state index contributed by atoms with van der Waals surface area (Å²) in [4.78, 5) is 21.1. The highest BCUT2D eigenvalue weighted by Crippen LogP contribution is 2.27. The van der Waals surface area contributed by atoms with Crippen LogP contribution in [0.15, 0.2) is 36.4 Å². The average molecular weight is 394 g/mol. The van der Waals surface area contributed by atoms with E-state index in [1.807, 2.05) is 12.1 Å². The number of aliphatic hydroxyl groups excluding tert-OH is 1. The molecule has 9 heteroatoms. The Hall–Kier alpha value is -2.75. The highest BCUT2D eigenvalue weighted by molar-refractivity contribution is 5.64. The molecule has 0 radical (unpaired) electrons. The summed E-state index contributed by atoms with van der Waals surface area (Å²) in [5, 5.41) is 20.2. The van der Waals surface area contributed by atoms with E-state index in [0.29, 0.717) is 29.9 Å². The molecule has 1 amide bonds. The molecule has 1 aliphatic heterocycles. The molecule has 0 aromatic heterocycles. The fourth-order valence-corrected chi connectivity index (χ4v) is 3.18. The predicted octanol–water partition coefficient (Wildman–Crippen LogP) is 2.55. The van der Waals surface area contributed by atoms with Gasteiger partial charge in [-0.2, -0.15) is 4.89 Å². The molecule has 2 aromatic rings. The number of amides is 1. The van der Waals surface area contributed by atoms with E-state index in [2.05, 4.69) is 0 Å². The quantitative estimate of drug-likeness (QED) is 0.289. The maximum atomic E-state index is 13.4. The largest absolute Gasteiger partial charge is 0.464 e. The van der Waals surface area contributed by atoms with Crippen LogP contribution in [-0.2, 0) is 24.3 Å². The van der Waals surface area contributed by atoms with E-state index in [9.17, 15) is 23.8 Å². The highest BCUT2D eigenvalue weighted by Gasteiger charge is 2.28. The summed E-state index contributed by atoms with van der Waals surface area (Å²) >= 11 is 0. The molecule has 2 unspecified atom stereocenters. The Kier molecular flexibility index (Phi) is 6.08. The third-order valence-electron chi connectivity index (χ3n) is 4.61. The van der Waals surface area contributed by atoms with E-state index in [0.717, 1.165) is 23.3 Å². The molecule has 28 heavy (non-hydrogen) atoms. The molecule has 2 atom stereocenters. The number of aliphatic hydroxyl groups is 1. The number of hydrogen-bond donors (Lipinski definition) is 3. The maximum absolute atomic E-state index is 13.4. The van der Waals surface area contributed by atoms with Crippen molar-refractivity contribution in [3.8, 4) is 5.75 Å². The van der Waals surface area contributed by atoms with Gasteiger partial charge in [-0.25, -0.2) is 24.4 Å². The van der Waals surface area contributed by atoms with Crippen molar-refractivity contribution in [2.75, 3.05) is 0 Å². The lowest BCUT2D eigenvalue weighted by molar-refractivity contribution is -0.194. The van der Waals surface area contributed by atoms with Gasteiger partial charge in [-0.3, -0.25) is 0 Å². The average Bonchev–Trinajstić information content (AvgIpc) is 3.10. The Bertz CT molecular complexity index is 844. The fraction of sp³-hybridized carbons (Fsp3) is 0.316. The van der Waals surface area contributed by atoms with Crippen molar-refractivity contribution in [3.05, 3.63) is 64.7 Å². The lowest BCUT2D eigenvalue weighted by atomic mass is 9.95. The first-order valence-corrected chi connectivity index (χ1v) is 8.64. The Labute approximate surface area is 159 Å². The summed E-state index contributed by atoms with van der Waals surface area (Å²) in [6, 6.07) is 7.26. The van der Waals surface area contributed by atoms with E-state index < -0.39 is 29.9 Å². The predicted molar refractivity (Wildman–Crippen MR) is 94.1 cm³/mol. The number of fused-ring (bicyclic) bond motifs is 1. The van der Waals surface area contributed by atoms with Gasteiger partial charge in [0.15, 0.2) is 5.75 Å². The van der Waals surface area contributed by atoms with Crippen molar-refractivity contribution in [1.29, 1.82) is 0 Å². The minimum atomic E-state index is -1.45. The number of hydrazine groups is 1. The fourth-order valence-electron chi connectivity index (χ4n) is 3.18. The van der Waals surface area contributed by atoms with Crippen LogP contribution in [-0.4, -0.2) is 33.5 Å². The van der Waals surface area contributed by atoms with Crippen LogP contribution >= 0.6 is 0 Å². The van der Waals surface area contributed by atoms with Crippen LogP contribution in [0.3, 0.4) is 0 Å². The van der Waals surface area contributed by atoms with Crippen LogP contribution in [0.5, 0.6) is 5.75 Å². The number of halogens is 2. The second kappa shape index (κ2) is 8.51. The van der Waals surface area contributed by atoms with E-state index in [4.69, 9.17) is 15.6 Å². The maximum Gasteiger partial charge on any atom is 0.421 e. The third-order valence-corrected chi connectivity index (χ3v) is 4.61. The van der Waals surface area contributed by atoms with E-state index in [-0.39, 0.29) is 18.4 Å². The van der Waals surface area contributed by atoms with Crippen LogP contribution in [0.2, 0.25) is 0 Å². The van der Waals surface area contributed by atoms with Crippen molar-refractivity contribution < 1.29 is 33.6 Å². The normalized spacial score (nSPS) is 14.9. The van der Waals surface area contributed by atoms with Gasteiger partial charge in [-0.1, -0.05) is 6.07 Å². The Balaban J connectivity index is 1.71. The molecule has 0 saturated carbocycles. The number of carboxylic acid groups (broad SMARTS) is 1. The third kappa shape index (κ3) is 4.75. The van der Waals surface area contributed by atoms with Crippen molar-refractivity contribution in [1.82, 2.24) is 5.01 Å². The molecule has 4 N–H and O–H groups in total. The molecule has 0 bridgehead atoms. The summed E-state index contributed by atoms with van der Waals surface area (Å²) in [6.45, 7) is 0.328. The summed E-state index contributed by atoms with van der Waals surface area (Å²) < 4.78 is 26.9. The van der Waals surface area contributed by atoms with Crippen molar-refractivity contribution in [2.24, 2.45) is 5.84 Å². The minimum Gasteiger partial charge on any atom is -0.464 e. The number of benzene rings is 2. The van der Waals surface area contributed by atoms with Crippen LogP contribution < -0.4 is 10.7 Å². The summed E-state index contributed by atoms with van der Waals surface area (Å²) in [6.07, 6.45) is -2.09. The summed E-state index contributed by atoms with van der Waals surface area (Å²) in [5.74, 6) is 4.64. The van der Waals surface area contributed by atoms with Crippen molar-refractivity contribution in [2.45, 2.75) is 38.0 Å². The lowest BCUT2D eigenvalue weighted by Crippen LogP contribution is -2.52. The number of nitrogens with zero attached hydrogens (tertiary/aromatic N) is 1. The molecular formula is C19H20F2N2O5. The molecule has 1 aliphatic rings. The molecule has 7 nitrogen and oxygen atoms in total. The second-order valence-corrected chi connectivity index (χ2v) is 6.63. The monoisotopic (exact) mass is 394 g/mol. The summed E-state index contributed by atoms with van der Waals surface area (Å²) in [7, 11) is 0. The molecular weight excluding hydrogens is 374 g/mol. The number of nitrogens with two attached hydrogens (primary N) is 1. The zero-order chi connectivity index (χ0) is 20.3. The van der Waals surface area contributed by atoms with Crippen LogP contribution in [0.25, 0.3) is 0 Å². The number of rotatable bonds is 7. The van der Waals surface area contributed by atoms with E-state index in [1.54, 1.807) is 6.07 Å². The van der Waals surface area contributed by atoms with Gasteiger partial charge in [0.2, 0.25) is 0 Å². The van der Waals surface area contributed by atoms with Crippen molar-refractivity contribution >= 4 is 6.09 Å². The molecule has 0 aliphatic carbocycles. The SMILES string of the molecule is NN(C(=O)O)C(Cc1cc(F)cc(F)c1)C(O)CCc1ccc2c(c1)COO2. The first-order chi connectivity index (χ1) is 13.3. The first kappa shape index (κ1) is 20.0. The molecule has 150 valence electrons. The summed E-state index contributed by atoms with van der Waals surface area (Å²) in [5.41, 5.74) is 1.98. The number of carbonyl (C=O) groups is 1. The lowest BCUT2D eigenvalue weighted by Gasteiger charge is -2.29. The van der Waals surface area contributed by atoms with Gasteiger partial charge in [-0.05, 0) is 54.7 Å². The van der Waals surface area contributed by atoms with Gasteiger partial charge in [0.1, 0.15) is 18.2 Å². The van der Waals surface area contributed by atoms with Gasteiger partial charge >= 0.3 is 6.09 Å². The van der Waals surface area contributed by atoms with Gasteiger partial charge in [0.25, 0.3) is 0 Å². The van der Waals surface area contributed by atoms with E-state index in [1.165, 1.54) is 0 Å². The number of hydrogen-bond acceptors (Lipinski definition) is 5. The molecule has 3 rings (SSSR count). The Morgan fingerprint density at radius 1 is 1.18 bits per heavy atom. The minimum absolute atomic E-state index is 0.134. The Morgan fingerprint density at radius 3 is 2.57 bits per heavy atom. The molecule has 0 spiro atoms. The second-order valence-electron chi connectivity index (χ2n) is 6.63. The topological polar surface area (TPSA) is 105 Å². The molecule has 2 aromatic carbocycles. The van der Waals surface area contributed by atoms with Crippen LogP contribution in [0.1, 0.15) is 23.1 Å². The molecule has 0 saturated heterocycles. The number of aryl methyl sites for hydroxylation is 1. The van der Waals surface area contributed by atoms with Gasteiger partial charge in [-0.15, -0.1) is 0 Å². The molecule has 0 fully saturated rings. The Morgan fingerprint density at radius 2 is 1.89 bits per heavy atom. The zero-order valence-electron chi connectivity index (χ0n) is 14.8. The zero-order valence-corrected chi connectivity index (χ0v) is 14.8. The van der Waals surface area contributed by atoms with Gasteiger partial charge in [0.05, 0.1) is 12.1 Å². The molecule has 1 heterocycles. The standard InChI is InChI=1S/C19H20F2N2O5/c20-14-6-12(7-15(21)9-14)8-16(23(22)19(25)26)17(24)3-1-11-2-4-18-13(5-11)10-27-28-18/h2,4-7,9,16-17,24H,1,3,8,10,22H2,(H,25,26). The smallest absolute Gasteiger partial charge is 0.421 e. The first-order valence-electron chi connectivity index (χ1n) is 8.64. The highest BCUT2D eigenvalue weighted by atomic mass is 19.1. The van der Waals surface area contributed by atoms with Gasteiger partial charge in [0, 0.05) is 11.6 Å². The van der Waals surface area contributed by atoms with E-state index >= 15 is 0 Å². The van der Waals surface area contributed by atoms with Crippen molar-refractivity contribution in [3.63, 3.8) is 0 Å². The van der Waals surface area contributed by atoms with Gasteiger partial charge < -0.3 is 15.1 Å².